The molecule has 6 rings (SSSR count). The lowest BCUT2D eigenvalue weighted by Crippen LogP contribution is -2.49. The number of ether oxygens (including phenoxy) is 1. The van der Waals surface area contributed by atoms with E-state index < -0.39 is 47.6 Å². The lowest BCUT2D eigenvalue weighted by molar-refractivity contribution is -0.0250. The van der Waals surface area contributed by atoms with Gasteiger partial charge in [-0.25, -0.2) is 17.6 Å². The summed E-state index contributed by atoms with van der Waals surface area (Å²) in [6, 6.07) is 19.4. The molecule has 13 heteroatoms. The van der Waals surface area contributed by atoms with Crippen molar-refractivity contribution in [2.75, 3.05) is 56.8 Å². The lowest BCUT2D eigenvalue weighted by Gasteiger charge is -2.35. The first-order valence-electron chi connectivity index (χ1n) is 24.3. The van der Waals surface area contributed by atoms with Crippen LogP contribution in [0.5, 0.6) is 0 Å². The van der Waals surface area contributed by atoms with Crippen LogP contribution in [0.1, 0.15) is 121 Å². The Balaban J connectivity index is 0.000000258. The third-order valence-corrected chi connectivity index (χ3v) is 12.5. The summed E-state index contributed by atoms with van der Waals surface area (Å²) >= 11 is 0. The van der Waals surface area contributed by atoms with E-state index in [1.54, 1.807) is 0 Å². The second-order valence-electron chi connectivity index (χ2n) is 22.6. The van der Waals surface area contributed by atoms with Crippen molar-refractivity contribution in [2.24, 2.45) is 16.6 Å². The molecular formula is C55H80F4N6O3. The number of benzene rings is 4. The number of nitrogens with zero attached hydrogens (tertiary/aromatic N) is 2. The highest BCUT2D eigenvalue weighted by atomic mass is 19.1. The van der Waals surface area contributed by atoms with Gasteiger partial charge < -0.3 is 41.1 Å². The molecule has 2 heterocycles. The van der Waals surface area contributed by atoms with E-state index in [9.17, 15) is 27.8 Å². The third kappa shape index (κ3) is 17.4. The number of aliphatic hydroxyl groups is 2. The molecule has 0 amide bonds. The van der Waals surface area contributed by atoms with E-state index in [4.69, 9.17) is 10.5 Å². The molecule has 0 spiro atoms. The van der Waals surface area contributed by atoms with Gasteiger partial charge in [0.25, 0.3) is 0 Å². The van der Waals surface area contributed by atoms with Crippen molar-refractivity contribution in [3.63, 3.8) is 0 Å². The first-order valence-corrected chi connectivity index (χ1v) is 24.3. The Morgan fingerprint density at radius 2 is 1.01 bits per heavy atom. The maximum absolute atomic E-state index is 13.8. The Morgan fingerprint density at radius 3 is 1.43 bits per heavy atom. The van der Waals surface area contributed by atoms with Crippen LogP contribution in [0.2, 0.25) is 0 Å². The number of aliphatic hydroxyl groups excluding tert-OH is 2. The van der Waals surface area contributed by atoms with Gasteiger partial charge in [0.15, 0.2) is 0 Å². The molecule has 0 aromatic heterocycles. The van der Waals surface area contributed by atoms with Crippen molar-refractivity contribution in [2.45, 2.75) is 143 Å². The van der Waals surface area contributed by atoms with Crippen molar-refractivity contribution in [1.29, 1.82) is 0 Å². The van der Waals surface area contributed by atoms with E-state index in [0.29, 0.717) is 24.2 Å². The zero-order valence-electron chi connectivity index (χ0n) is 42.5. The summed E-state index contributed by atoms with van der Waals surface area (Å²) in [5.74, 6) is -2.52. The number of halogens is 4. The number of hydrogen-bond acceptors (Lipinski definition) is 9. The summed E-state index contributed by atoms with van der Waals surface area (Å²) in [6.45, 7) is 22.0. The average molecular weight is 949 g/mol. The smallest absolute Gasteiger partial charge is 0.126 e. The summed E-state index contributed by atoms with van der Waals surface area (Å²) in [7, 11) is 4.21. The maximum atomic E-state index is 13.8. The molecule has 2 unspecified atom stereocenters. The van der Waals surface area contributed by atoms with E-state index in [2.05, 4.69) is 118 Å². The molecule has 2 aliphatic rings. The minimum absolute atomic E-state index is 0.110. The highest BCUT2D eigenvalue weighted by Gasteiger charge is 2.29. The third-order valence-electron chi connectivity index (χ3n) is 12.5. The zero-order chi connectivity index (χ0) is 50.1. The fourth-order valence-corrected chi connectivity index (χ4v) is 9.18. The van der Waals surface area contributed by atoms with Gasteiger partial charge in [-0.3, -0.25) is 5.32 Å². The number of nitrogens with two attached hydrogens (primary N) is 1. The van der Waals surface area contributed by atoms with Crippen molar-refractivity contribution in [1.82, 2.24) is 16.0 Å². The van der Waals surface area contributed by atoms with Gasteiger partial charge in [0, 0.05) is 87.9 Å². The molecule has 9 nitrogen and oxygen atoms in total. The Hall–Kier alpha value is -4.08. The van der Waals surface area contributed by atoms with Crippen LogP contribution >= 0.6 is 0 Å². The van der Waals surface area contributed by atoms with E-state index in [0.717, 1.165) is 50.9 Å². The van der Waals surface area contributed by atoms with Crippen LogP contribution in [0.3, 0.4) is 0 Å². The van der Waals surface area contributed by atoms with Crippen LogP contribution in [0.25, 0.3) is 0 Å². The van der Waals surface area contributed by atoms with Crippen LogP contribution in [0.4, 0.5) is 28.9 Å². The molecule has 4 aromatic rings. The van der Waals surface area contributed by atoms with Crippen LogP contribution in [0, 0.1) is 34.1 Å². The maximum Gasteiger partial charge on any atom is 0.126 e. The van der Waals surface area contributed by atoms with Gasteiger partial charge in [0.2, 0.25) is 0 Å². The fraction of sp³-hybridized carbons (Fsp3) is 0.564. The number of fused-ring (bicyclic) bond motifs is 2. The summed E-state index contributed by atoms with van der Waals surface area (Å²) < 4.78 is 60.3. The number of nitrogens with one attached hydrogen (secondary N) is 3. The topological polar surface area (TPSA) is 118 Å². The first-order chi connectivity index (χ1) is 31.7. The van der Waals surface area contributed by atoms with Gasteiger partial charge in [-0.15, -0.1) is 0 Å². The molecule has 0 fully saturated rings. The van der Waals surface area contributed by atoms with E-state index in [1.165, 1.54) is 57.9 Å². The Labute approximate surface area is 404 Å². The zero-order valence-corrected chi connectivity index (χ0v) is 42.5. The second-order valence-corrected chi connectivity index (χ2v) is 22.6. The first kappa shape index (κ1) is 54.9. The van der Waals surface area contributed by atoms with E-state index in [1.807, 2.05) is 20.8 Å². The lowest BCUT2D eigenvalue weighted by atomic mass is 9.86. The molecule has 2 aliphatic heterocycles. The van der Waals surface area contributed by atoms with Crippen molar-refractivity contribution in [3.05, 3.63) is 129 Å². The van der Waals surface area contributed by atoms with Gasteiger partial charge in [0.1, 0.15) is 23.3 Å². The molecule has 0 radical (unpaired) electrons. The normalized spacial score (nSPS) is 18.3. The highest BCUT2D eigenvalue weighted by Crippen LogP contribution is 2.37. The molecular weight excluding hydrogens is 869 g/mol. The quantitative estimate of drug-likeness (QED) is 0.0455. The van der Waals surface area contributed by atoms with Crippen LogP contribution < -0.4 is 31.5 Å². The molecule has 0 aliphatic carbocycles. The second kappa shape index (κ2) is 23.7. The predicted octanol–water partition coefficient (Wildman–Crippen LogP) is 9.31. The molecule has 0 saturated heterocycles. The predicted molar refractivity (Wildman–Crippen MR) is 269 cm³/mol. The van der Waals surface area contributed by atoms with Crippen molar-refractivity contribution < 1.29 is 32.5 Å². The van der Waals surface area contributed by atoms with Crippen LogP contribution in [-0.4, -0.2) is 87.1 Å². The molecule has 6 atom stereocenters. The summed E-state index contributed by atoms with van der Waals surface area (Å²) in [4.78, 5) is 4.53. The van der Waals surface area contributed by atoms with Crippen molar-refractivity contribution in [3.8, 4) is 0 Å². The summed E-state index contributed by atoms with van der Waals surface area (Å²) in [5.41, 5.74) is 14.6. The van der Waals surface area contributed by atoms with E-state index >= 15 is 0 Å². The Morgan fingerprint density at radius 1 is 0.603 bits per heavy atom. The minimum Gasteiger partial charge on any atom is -0.390 e. The van der Waals surface area contributed by atoms with Crippen molar-refractivity contribution >= 4 is 11.4 Å². The molecule has 68 heavy (non-hydrogen) atoms. The van der Waals surface area contributed by atoms with Crippen LogP contribution in [0.15, 0.2) is 72.8 Å². The van der Waals surface area contributed by atoms with Gasteiger partial charge in [-0.05, 0) is 140 Å². The highest BCUT2D eigenvalue weighted by molar-refractivity contribution is 5.59. The molecule has 7 N–H and O–H groups in total. The average Bonchev–Trinajstić information content (AvgIpc) is 3.20. The summed E-state index contributed by atoms with van der Waals surface area (Å²) in [5, 5.41) is 32.1. The largest absolute Gasteiger partial charge is 0.390 e. The SMILES string of the molecule is CN1CCC(NC[C@@H](O)[C@@H](N)Cc2cc(F)cc(F)c2)c2cc(CC(C)(C)C)ccc21.CN1CCC(NC[C@@H](O)[C@H](Cc2cc(F)cc(F)c2)NCOC(C)(C)C)c2cc(CC(C)(C)C)ccc21. The van der Waals surface area contributed by atoms with Gasteiger partial charge in [-0.1, -0.05) is 65.8 Å². The number of anilines is 2. The number of hydrogen-bond donors (Lipinski definition) is 6. The number of rotatable bonds is 17. The van der Waals surface area contributed by atoms with Gasteiger partial charge in [0.05, 0.1) is 24.5 Å². The van der Waals surface area contributed by atoms with Crippen LogP contribution in [-0.2, 0) is 30.4 Å². The molecule has 376 valence electrons. The fourth-order valence-electron chi connectivity index (χ4n) is 9.18. The van der Waals surface area contributed by atoms with E-state index in [-0.39, 0.29) is 48.1 Å². The summed E-state index contributed by atoms with van der Waals surface area (Å²) in [6.07, 6.45) is 2.69. The molecule has 4 aromatic carbocycles. The minimum atomic E-state index is -0.827. The molecule has 0 bridgehead atoms. The standard InChI is InChI=1S/C30H45F2N3O2.C25H35F2N3O/c1-29(2,3)17-20-8-9-27-24(14-20)25(10-11-35(27)7)33-18-28(36)26(34-19-37-30(4,5)6)15-21-12-22(31)16-23(32)13-21;1-25(2,3)14-16-5-6-23-20(11-16)22(7-8-30(23)4)29-15-24(31)21(28)12-17-9-18(26)13-19(27)10-17/h8-9,12-14,16,25-26,28,33-34,36H,10-11,15,17-19H2,1-7H3;5-6,9-11,13,21-22,24,29,31H,7-8,12,14-15,28H2,1-4H3/t25?,26-,28+;21-,22?,24+/m00/s1. The Bertz CT molecular complexity index is 2200. The molecule has 0 saturated carbocycles. The Kier molecular flexibility index (Phi) is 19.1. The van der Waals surface area contributed by atoms with Gasteiger partial charge >= 0.3 is 0 Å². The monoisotopic (exact) mass is 949 g/mol. The van der Waals surface area contributed by atoms with Gasteiger partial charge in [-0.2, -0.15) is 0 Å².